The third-order valence-corrected chi connectivity index (χ3v) is 3.60. The quantitative estimate of drug-likeness (QED) is 0.916. The van der Waals surface area contributed by atoms with Gasteiger partial charge in [0.15, 0.2) is 0 Å². The first-order chi connectivity index (χ1) is 9.01. The van der Waals surface area contributed by atoms with Gasteiger partial charge in [-0.1, -0.05) is 18.2 Å². The van der Waals surface area contributed by atoms with Crippen LogP contribution in [0.3, 0.4) is 0 Å². The fourth-order valence-electron chi connectivity index (χ4n) is 2.25. The lowest BCUT2D eigenvalue weighted by molar-refractivity contribution is 0.458. The van der Waals surface area contributed by atoms with Crippen molar-refractivity contribution in [3.8, 4) is 0 Å². The van der Waals surface area contributed by atoms with Crippen molar-refractivity contribution >= 4 is 0 Å². The van der Waals surface area contributed by atoms with Gasteiger partial charge < -0.3 is 5.32 Å². The highest BCUT2D eigenvalue weighted by Gasteiger charge is 2.13. The molecule has 1 unspecified atom stereocenters. The first kappa shape index (κ1) is 13.7. The SMILES string of the molecule is CNC(Cn1nc(C)nc1C)c1ccc(C)c(C)c1. The molecule has 1 atom stereocenters. The van der Waals surface area contributed by atoms with E-state index in [0.29, 0.717) is 0 Å². The highest BCUT2D eigenvalue weighted by atomic mass is 15.3. The molecule has 19 heavy (non-hydrogen) atoms. The molecule has 2 aromatic rings. The van der Waals surface area contributed by atoms with Crippen molar-refractivity contribution in [3.05, 3.63) is 46.5 Å². The number of aryl methyl sites for hydroxylation is 4. The van der Waals surface area contributed by atoms with E-state index in [1.807, 2.05) is 25.6 Å². The van der Waals surface area contributed by atoms with E-state index in [1.165, 1.54) is 16.7 Å². The number of aromatic nitrogens is 3. The van der Waals surface area contributed by atoms with E-state index in [0.717, 1.165) is 18.2 Å². The van der Waals surface area contributed by atoms with Crippen LogP contribution in [0.25, 0.3) is 0 Å². The molecule has 0 aliphatic heterocycles. The summed E-state index contributed by atoms with van der Waals surface area (Å²) >= 11 is 0. The van der Waals surface area contributed by atoms with Crippen molar-refractivity contribution in [3.63, 3.8) is 0 Å². The summed E-state index contributed by atoms with van der Waals surface area (Å²) in [6, 6.07) is 6.85. The zero-order valence-electron chi connectivity index (χ0n) is 12.4. The predicted octanol–water partition coefficient (Wildman–Crippen LogP) is 2.47. The molecule has 0 spiro atoms. The monoisotopic (exact) mass is 258 g/mol. The number of likely N-dealkylation sites (N-methyl/N-ethyl adjacent to an activating group) is 1. The van der Waals surface area contributed by atoms with Gasteiger partial charge in [-0.05, 0) is 51.4 Å². The van der Waals surface area contributed by atoms with Crippen LogP contribution in [-0.2, 0) is 6.54 Å². The molecule has 0 saturated heterocycles. The zero-order valence-corrected chi connectivity index (χ0v) is 12.4. The maximum absolute atomic E-state index is 4.43. The Morgan fingerprint density at radius 3 is 2.42 bits per heavy atom. The van der Waals surface area contributed by atoms with Gasteiger partial charge in [-0.15, -0.1) is 0 Å². The van der Waals surface area contributed by atoms with Gasteiger partial charge in [0, 0.05) is 0 Å². The summed E-state index contributed by atoms with van der Waals surface area (Å²) in [5.41, 5.74) is 3.94. The number of benzene rings is 1. The first-order valence-electron chi connectivity index (χ1n) is 6.63. The summed E-state index contributed by atoms with van der Waals surface area (Å²) in [5.74, 6) is 1.79. The molecule has 0 aliphatic rings. The van der Waals surface area contributed by atoms with Crippen molar-refractivity contribution in [1.82, 2.24) is 20.1 Å². The second-order valence-corrected chi connectivity index (χ2v) is 5.07. The van der Waals surface area contributed by atoms with Gasteiger partial charge in [0.25, 0.3) is 0 Å². The van der Waals surface area contributed by atoms with Crippen LogP contribution in [0.1, 0.15) is 34.4 Å². The van der Waals surface area contributed by atoms with Crippen molar-refractivity contribution in [2.75, 3.05) is 7.05 Å². The molecule has 2 rings (SSSR count). The molecule has 0 amide bonds. The van der Waals surface area contributed by atoms with Crippen molar-refractivity contribution in [1.29, 1.82) is 0 Å². The van der Waals surface area contributed by atoms with Crippen LogP contribution in [0.4, 0.5) is 0 Å². The average Bonchev–Trinajstić information content (AvgIpc) is 2.68. The Morgan fingerprint density at radius 1 is 1.16 bits per heavy atom. The van der Waals surface area contributed by atoms with Crippen molar-refractivity contribution in [2.24, 2.45) is 0 Å². The summed E-state index contributed by atoms with van der Waals surface area (Å²) in [6.45, 7) is 9.00. The maximum atomic E-state index is 4.43. The zero-order chi connectivity index (χ0) is 14.0. The molecule has 4 heteroatoms. The smallest absolute Gasteiger partial charge is 0.147 e. The molecular weight excluding hydrogens is 236 g/mol. The molecule has 0 aliphatic carbocycles. The Morgan fingerprint density at radius 2 is 1.89 bits per heavy atom. The highest BCUT2D eigenvalue weighted by Crippen LogP contribution is 2.18. The van der Waals surface area contributed by atoms with Crippen molar-refractivity contribution < 1.29 is 0 Å². The fourth-order valence-corrected chi connectivity index (χ4v) is 2.25. The normalized spacial score (nSPS) is 12.7. The number of nitrogens with one attached hydrogen (secondary N) is 1. The molecule has 1 N–H and O–H groups in total. The third-order valence-electron chi connectivity index (χ3n) is 3.60. The Labute approximate surface area is 114 Å². The summed E-state index contributed by atoms with van der Waals surface area (Å²) < 4.78 is 1.96. The van der Waals surface area contributed by atoms with Crippen LogP contribution in [0, 0.1) is 27.7 Å². The lowest BCUT2D eigenvalue weighted by Gasteiger charge is -2.18. The van der Waals surface area contributed by atoms with E-state index in [2.05, 4.69) is 47.4 Å². The first-order valence-corrected chi connectivity index (χ1v) is 6.63. The highest BCUT2D eigenvalue weighted by molar-refractivity contribution is 5.31. The third kappa shape index (κ3) is 3.01. The van der Waals surface area contributed by atoms with Crippen LogP contribution in [-0.4, -0.2) is 21.8 Å². The Kier molecular flexibility index (Phi) is 4.00. The van der Waals surface area contributed by atoms with E-state index < -0.39 is 0 Å². The largest absolute Gasteiger partial charge is 0.311 e. The van der Waals surface area contributed by atoms with Crippen LogP contribution < -0.4 is 5.32 Å². The topological polar surface area (TPSA) is 42.7 Å². The number of nitrogens with zero attached hydrogens (tertiary/aromatic N) is 3. The molecule has 4 nitrogen and oxygen atoms in total. The summed E-state index contributed by atoms with van der Waals surface area (Å²) in [6.07, 6.45) is 0. The van der Waals surface area contributed by atoms with Crippen molar-refractivity contribution in [2.45, 2.75) is 40.3 Å². The average molecular weight is 258 g/mol. The summed E-state index contributed by atoms with van der Waals surface area (Å²) in [5, 5.41) is 7.79. The van der Waals surface area contributed by atoms with Gasteiger partial charge in [-0.25, -0.2) is 9.67 Å². The Hall–Kier alpha value is -1.68. The Balaban J connectivity index is 2.24. The van der Waals surface area contributed by atoms with E-state index in [4.69, 9.17) is 0 Å². The molecule has 0 fully saturated rings. The Bertz CT molecular complexity index is 572. The van der Waals surface area contributed by atoms with E-state index in [9.17, 15) is 0 Å². The predicted molar refractivity (Wildman–Crippen MR) is 77.2 cm³/mol. The van der Waals surface area contributed by atoms with E-state index in [1.54, 1.807) is 0 Å². The van der Waals surface area contributed by atoms with Gasteiger partial charge in [-0.2, -0.15) is 5.10 Å². The standard InChI is InChI=1S/C15H22N4/c1-10-6-7-14(8-11(10)2)15(16-5)9-19-13(4)17-12(3)18-19/h6-8,15-16H,9H2,1-5H3. The molecule has 0 radical (unpaired) electrons. The van der Waals surface area contributed by atoms with Gasteiger partial charge in [-0.3, -0.25) is 0 Å². The molecule has 102 valence electrons. The van der Waals surface area contributed by atoms with Gasteiger partial charge >= 0.3 is 0 Å². The second-order valence-electron chi connectivity index (χ2n) is 5.07. The minimum Gasteiger partial charge on any atom is -0.311 e. The van der Waals surface area contributed by atoms with Crippen LogP contribution in [0.2, 0.25) is 0 Å². The maximum Gasteiger partial charge on any atom is 0.147 e. The van der Waals surface area contributed by atoms with E-state index in [-0.39, 0.29) is 6.04 Å². The molecule has 1 heterocycles. The minimum atomic E-state index is 0.249. The molecule has 0 bridgehead atoms. The molecule has 1 aromatic carbocycles. The van der Waals surface area contributed by atoms with Crippen LogP contribution >= 0.6 is 0 Å². The minimum absolute atomic E-state index is 0.249. The molecular formula is C15H22N4. The van der Waals surface area contributed by atoms with Gasteiger partial charge in [0.2, 0.25) is 0 Å². The molecule has 1 aromatic heterocycles. The fraction of sp³-hybridized carbons (Fsp3) is 0.467. The van der Waals surface area contributed by atoms with Crippen LogP contribution in [0.5, 0.6) is 0 Å². The van der Waals surface area contributed by atoms with Crippen LogP contribution in [0.15, 0.2) is 18.2 Å². The lowest BCUT2D eigenvalue weighted by Crippen LogP contribution is -2.23. The summed E-state index contributed by atoms with van der Waals surface area (Å²) in [7, 11) is 1.99. The number of rotatable bonds is 4. The number of hydrogen-bond donors (Lipinski definition) is 1. The van der Waals surface area contributed by atoms with E-state index >= 15 is 0 Å². The molecule has 0 saturated carbocycles. The lowest BCUT2D eigenvalue weighted by atomic mass is 10.0. The summed E-state index contributed by atoms with van der Waals surface area (Å²) in [4.78, 5) is 4.35. The van der Waals surface area contributed by atoms with Gasteiger partial charge in [0.05, 0.1) is 12.6 Å². The number of hydrogen-bond acceptors (Lipinski definition) is 3. The van der Waals surface area contributed by atoms with Gasteiger partial charge in [0.1, 0.15) is 11.6 Å². The second kappa shape index (κ2) is 5.53.